The molecule has 0 saturated carbocycles. The van der Waals surface area contributed by atoms with Gasteiger partial charge in [0.2, 0.25) is 0 Å². The van der Waals surface area contributed by atoms with Crippen LogP contribution in [0.4, 0.5) is 5.69 Å². The van der Waals surface area contributed by atoms with Gasteiger partial charge in [-0.2, -0.15) is 0 Å². The van der Waals surface area contributed by atoms with Crippen molar-refractivity contribution in [2.75, 3.05) is 0 Å². The summed E-state index contributed by atoms with van der Waals surface area (Å²) in [6.07, 6.45) is 2.05. The highest BCUT2D eigenvalue weighted by atomic mass is 32.2. The average Bonchev–Trinajstić information content (AvgIpc) is 3.20. The van der Waals surface area contributed by atoms with Gasteiger partial charge in [0.1, 0.15) is 0 Å². The van der Waals surface area contributed by atoms with Crippen LogP contribution in [-0.2, 0) is 5.75 Å². The second kappa shape index (κ2) is 5.59. The molecule has 0 atom stereocenters. The molecule has 0 saturated heterocycles. The van der Waals surface area contributed by atoms with Gasteiger partial charge in [0.25, 0.3) is 5.69 Å². The summed E-state index contributed by atoms with van der Waals surface area (Å²) in [4.78, 5) is 20.5. The van der Waals surface area contributed by atoms with Crippen molar-refractivity contribution in [3.05, 3.63) is 51.3 Å². The number of hydrogen-bond donors (Lipinski definition) is 0. The Hall–Kier alpha value is -1.97. The van der Waals surface area contributed by atoms with E-state index < -0.39 is 4.92 Å². The molecule has 0 spiro atoms. The minimum Gasteiger partial charge on any atom is -0.295 e. The number of imidazole rings is 1. The zero-order chi connectivity index (χ0) is 16.0. The van der Waals surface area contributed by atoms with Crippen molar-refractivity contribution in [2.45, 2.75) is 17.0 Å². The number of hydrogen-bond acceptors (Lipinski definition) is 7. The maximum Gasteiger partial charge on any atom is 0.271 e. The Labute approximate surface area is 143 Å². The first-order chi connectivity index (χ1) is 11.1. The van der Waals surface area contributed by atoms with E-state index in [1.807, 2.05) is 6.20 Å². The van der Waals surface area contributed by atoms with E-state index in [1.165, 1.54) is 17.8 Å². The molecule has 3 aromatic heterocycles. The van der Waals surface area contributed by atoms with Gasteiger partial charge >= 0.3 is 0 Å². The summed E-state index contributed by atoms with van der Waals surface area (Å²) in [5.41, 5.74) is 2.94. The summed E-state index contributed by atoms with van der Waals surface area (Å²) >= 11 is 4.78. The molecule has 23 heavy (non-hydrogen) atoms. The number of fused-ring (bicyclic) bond motifs is 2. The van der Waals surface area contributed by atoms with E-state index >= 15 is 0 Å². The third-order valence-electron chi connectivity index (χ3n) is 3.34. The number of nitrogens with zero attached hydrogens (tertiary/aromatic N) is 4. The molecule has 0 aliphatic rings. The predicted molar refractivity (Wildman–Crippen MR) is 93.6 cm³/mol. The Morgan fingerprint density at radius 3 is 3.04 bits per heavy atom. The smallest absolute Gasteiger partial charge is 0.271 e. The molecule has 1 aromatic carbocycles. The average molecular weight is 362 g/mol. The summed E-state index contributed by atoms with van der Waals surface area (Å²) in [6, 6.07) is 4.79. The van der Waals surface area contributed by atoms with E-state index in [0.29, 0.717) is 5.52 Å². The lowest BCUT2D eigenvalue weighted by Crippen LogP contribution is -1.86. The van der Waals surface area contributed by atoms with E-state index in [4.69, 9.17) is 0 Å². The van der Waals surface area contributed by atoms with Gasteiger partial charge in [-0.05, 0) is 13.0 Å². The van der Waals surface area contributed by atoms with Gasteiger partial charge in [-0.25, -0.2) is 9.97 Å². The Kier molecular flexibility index (Phi) is 3.55. The van der Waals surface area contributed by atoms with Crippen LogP contribution >= 0.6 is 34.4 Å². The summed E-state index contributed by atoms with van der Waals surface area (Å²) < 4.78 is 3.94. The molecule has 0 aliphatic carbocycles. The second-order valence-corrected chi connectivity index (χ2v) is 8.03. The van der Waals surface area contributed by atoms with Crippen LogP contribution in [0.25, 0.3) is 15.2 Å². The normalized spacial score (nSPS) is 11.5. The topological polar surface area (TPSA) is 73.3 Å². The standard InChI is InChI=1S/C14H10N4O2S3/c1-8-6-21-13-15-9(5-17(8)13)7-22-14-16-11-4-10(18(19)20)2-3-12(11)23-14/h2-6H,7H2,1H3. The summed E-state index contributed by atoms with van der Waals surface area (Å²) in [5, 5.41) is 12.9. The first-order valence-electron chi connectivity index (χ1n) is 6.70. The number of non-ortho nitro benzene ring substituents is 1. The fourth-order valence-electron chi connectivity index (χ4n) is 2.22. The SMILES string of the molecule is Cc1csc2nc(CSc3nc4cc([N+](=O)[O-])ccc4s3)cn12. The van der Waals surface area contributed by atoms with Crippen molar-refractivity contribution in [1.29, 1.82) is 0 Å². The summed E-state index contributed by atoms with van der Waals surface area (Å²) in [6.45, 7) is 2.06. The molecule has 0 unspecified atom stereocenters. The van der Waals surface area contributed by atoms with Crippen molar-refractivity contribution < 1.29 is 4.92 Å². The fourth-order valence-corrected chi connectivity index (χ4v) is 5.02. The van der Waals surface area contributed by atoms with E-state index in [1.54, 1.807) is 40.5 Å². The van der Waals surface area contributed by atoms with Crippen LogP contribution in [-0.4, -0.2) is 19.3 Å². The first kappa shape index (κ1) is 14.6. The summed E-state index contributed by atoms with van der Waals surface area (Å²) in [7, 11) is 0. The number of nitro groups is 1. The molecule has 4 aromatic rings. The Bertz CT molecular complexity index is 1030. The number of thioether (sulfide) groups is 1. The molecule has 6 nitrogen and oxygen atoms in total. The highest BCUT2D eigenvalue weighted by molar-refractivity contribution is 8.00. The van der Waals surface area contributed by atoms with Crippen molar-refractivity contribution in [2.24, 2.45) is 0 Å². The number of nitro benzene ring substituents is 1. The first-order valence-corrected chi connectivity index (χ1v) is 9.38. The van der Waals surface area contributed by atoms with Crippen LogP contribution in [0, 0.1) is 17.0 Å². The molecular formula is C14H10N4O2S3. The minimum absolute atomic E-state index is 0.0733. The van der Waals surface area contributed by atoms with Crippen molar-refractivity contribution >= 4 is 55.3 Å². The van der Waals surface area contributed by atoms with E-state index in [0.717, 1.165) is 25.4 Å². The molecular weight excluding hydrogens is 352 g/mol. The molecule has 9 heteroatoms. The van der Waals surface area contributed by atoms with Crippen LogP contribution < -0.4 is 0 Å². The zero-order valence-corrected chi connectivity index (χ0v) is 14.4. The summed E-state index contributed by atoms with van der Waals surface area (Å²) in [5.74, 6) is 0.732. The molecule has 0 radical (unpaired) electrons. The Balaban J connectivity index is 1.56. The van der Waals surface area contributed by atoms with Crippen LogP contribution in [0.2, 0.25) is 0 Å². The molecule has 3 heterocycles. The molecule has 0 fully saturated rings. The second-order valence-electron chi connectivity index (χ2n) is 4.94. The number of thiazole rings is 2. The van der Waals surface area contributed by atoms with Gasteiger partial charge < -0.3 is 0 Å². The van der Waals surface area contributed by atoms with Crippen molar-refractivity contribution in [3.63, 3.8) is 0 Å². The predicted octanol–water partition coefficient (Wildman–Crippen LogP) is 4.51. The fraction of sp³-hybridized carbons (Fsp3) is 0.143. The monoisotopic (exact) mass is 362 g/mol. The maximum atomic E-state index is 10.8. The third kappa shape index (κ3) is 2.71. The Morgan fingerprint density at radius 2 is 2.26 bits per heavy atom. The van der Waals surface area contributed by atoms with Crippen LogP contribution in [0.3, 0.4) is 0 Å². The minimum atomic E-state index is -0.397. The van der Waals surface area contributed by atoms with Crippen molar-refractivity contribution in [1.82, 2.24) is 14.4 Å². The number of aryl methyl sites for hydroxylation is 1. The van der Waals surface area contributed by atoms with Gasteiger partial charge in [-0.3, -0.25) is 14.5 Å². The van der Waals surface area contributed by atoms with Gasteiger partial charge in [0, 0.05) is 35.2 Å². The lowest BCUT2D eigenvalue weighted by atomic mass is 10.3. The van der Waals surface area contributed by atoms with E-state index in [2.05, 4.69) is 26.7 Å². The van der Waals surface area contributed by atoms with Crippen molar-refractivity contribution in [3.8, 4) is 0 Å². The van der Waals surface area contributed by atoms with Gasteiger partial charge in [0.15, 0.2) is 9.30 Å². The van der Waals surface area contributed by atoms with E-state index in [-0.39, 0.29) is 5.69 Å². The molecule has 0 amide bonds. The quantitative estimate of drug-likeness (QED) is 0.303. The molecule has 4 rings (SSSR count). The molecule has 116 valence electrons. The van der Waals surface area contributed by atoms with Crippen LogP contribution in [0.5, 0.6) is 0 Å². The zero-order valence-electron chi connectivity index (χ0n) is 11.9. The lowest BCUT2D eigenvalue weighted by molar-refractivity contribution is -0.384. The maximum absolute atomic E-state index is 10.8. The van der Waals surface area contributed by atoms with Gasteiger partial charge in [-0.1, -0.05) is 11.8 Å². The number of benzene rings is 1. The van der Waals surface area contributed by atoms with Gasteiger partial charge in [-0.15, -0.1) is 22.7 Å². The Morgan fingerprint density at radius 1 is 1.39 bits per heavy atom. The van der Waals surface area contributed by atoms with Gasteiger partial charge in [0.05, 0.1) is 20.8 Å². The highest BCUT2D eigenvalue weighted by Gasteiger charge is 2.12. The lowest BCUT2D eigenvalue weighted by Gasteiger charge is -1.92. The number of rotatable bonds is 4. The third-order valence-corrected chi connectivity index (χ3v) is 6.51. The molecule has 0 aliphatic heterocycles. The highest BCUT2D eigenvalue weighted by Crippen LogP contribution is 2.33. The molecule has 0 N–H and O–H groups in total. The van der Waals surface area contributed by atoms with Crippen LogP contribution in [0.15, 0.2) is 34.1 Å². The largest absolute Gasteiger partial charge is 0.295 e. The van der Waals surface area contributed by atoms with E-state index in [9.17, 15) is 10.1 Å². The number of aromatic nitrogens is 3. The molecule has 0 bridgehead atoms. The van der Waals surface area contributed by atoms with Crippen LogP contribution in [0.1, 0.15) is 11.4 Å².